The Bertz CT molecular complexity index is 986. The maximum Gasteiger partial charge on any atom is 0.332 e. The first kappa shape index (κ1) is 16.3. The van der Waals surface area contributed by atoms with E-state index >= 15 is 0 Å². The van der Waals surface area contributed by atoms with E-state index in [1.54, 1.807) is 25.2 Å². The molecule has 0 radical (unpaired) electrons. The zero-order valence-corrected chi connectivity index (χ0v) is 13.8. The number of hydrogen-bond acceptors (Lipinski definition) is 5. The molecule has 24 heavy (non-hydrogen) atoms. The van der Waals surface area contributed by atoms with Crippen LogP contribution < -0.4 is 9.74 Å². The quantitative estimate of drug-likeness (QED) is 0.719. The molecule has 0 amide bonds. The topological polar surface area (TPSA) is 74.1 Å². The lowest BCUT2D eigenvalue weighted by Gasteiger charge is -2.09. The van der Waals surface area contributed by atoms with Crippen molar-refractivity contribution >= 4 is 22.1 Å². The second-order valence-corrected chi connectivity index (χ2v) is 6.22. The highest BCUT2D eigenvalue weighted by atomic mass is 32.2. The van der Waals surface area contributed by atoms with Crippen LogP contribution >= 0.6 is 0 Å². The molecule has 0 aliphatic rings. The summed E-state index contributed by atoms with van der Waals surface area (Å²) in [7, 11) is 1.60. The van der Waals surface area contributed by atoms with Gasteiger partial charge in [0.2, 0.25) is 11.1 Å². The predicted molar refractivity (Wildman–Crippen MR) is 88.7 cm³/mol. The third-order valence-electron chi connectivity index (χ3n) is 3.50. The minimum atomic E-state index is -1.55. The van der Waals surface area contributed by atoms with Crippen LogP contribution in [0.4, 0.5) is 4.39 Å². The highest BCUT2D eigenvalue weighted by Gasteiger charge is 2.11. The fourth-order valence-electron chi connectivity index (χ4n) is 2.39. The van der Waals surface area contributed by atoms with Gasteiger partial charge in [-0.3, -0.25) is 9.36 Å². The highest BCUT2D eigenvalue weighted by Crippen LogP contribution is 2.15. The molecule has 8 heteroatoms. The number of hydrogen-bond donors (Lipinski definition) is 0. The van der Waals surface area contributed by atoms with Crippen molar-refractivity contribution in [2.45, 2.75) is 6.42 Å². The van der Waals surface area contributed by atoms with Gasteiger partial charge in [0, 0.05) is 36.9 Å². The normalized spacial score (nSPS) is 12.3. The molecule has 1 unspecified atom stereocenters. The van der Waals surface area contributed by atoms with Gasteiger partial charge >= 0.3 is 6.01 Å². The van der Waals surface area contributed by atoms with Crippen LogP contribution in [0, 0.1) is 5.82 Å². The monoisotopic (exact) mass is 347 g/mol. The molecule has 0 spiro atoms. The lowest BCUT2D eigenvalue weighted by Crippen LogP contribution is -2.22. The molecule has 1 atom stereocenters. The maximum atomic E-state index is 13.0. The molecule has 0 fully saturated rings. The minimum absolute atomic E-state index is 0.0513. The van der Waals surface area contributed by atoms with Crippen molar-refractivity contribution in [1.82, 2.24) is 14.5 Å². The van der Waals surface area contributed by atoms with Crippen molar-refractivity contribution < 1.29 is 12.8 Å². The second-order valence-electron chi connectivity index (χ2n) is 5.25. The van der Waals surface area contributed by atoms with E-state index in [0.717, 1.165) is 5.56 Å². The first-order valence-electron chi connectivity index (χ1n) is 7.06. The van der Waals surface area contributed by atoms with Crippen LogP contribution in [0.3, 0.4) is 0 Å². The molecule has 0 saturated carbocycles. The zero-order chi connectivity index (χ0) is 17.3. The number of pyridine rings is 1. The number of halogens is 1. The average molecular weight is 347 g/mol. The van der Waals surface area contributed by atoms with Crippen LogP contribution in [-0.4, -0.2) is 25.0 Å². The number of rotatable bonds is 4. The van der Waals surface area contributed by atoms with E-state index in [2.05, 4.69) is 9.97 Å². The van der Waals surface area contributed by atoms with Crippen molar-refractivity contribution in [3.8, 4) is 6.01 Å². The van der Waals surface area contributed by atoms with E-state index in [-0.39, 0.29) is 17.4 Å². The van der Waals surface area contributed by atoms with Crippen molar-refractivity contribution in [1.29, 1.82) is 0 Å². The molecule has 0 bridgehead atoms. The summed E-state index contributed by atoms with van der Waals surface area (Å²) in [5, 5.41) is 0.656. The summed E-state index contributed by atoms with van der Waals surface area (Å²) in [4.78, 5) is 20.6. The molecule has 1 aromatic carbocycles. The Morgan fingerprint density at radius 1 is 1.29 bits per heavy atom. The molecule has 0 aliphatic carbocycles. The Labute approximate surface area is 139 Å². The van der Waals surface area contributed by atoms with E-state index in [0.29, 0.717) is 23.0 Å². The van der Waals surface area contributed by atoms with Gasteiger partial charge in [-0.1, -0.05) is 12.1 Å². The van der Waals surface area contributed by atoms with E-state index in [4.69, 9.17) is 4.18 Å². The smallest absolute Gasteiger partial charge is 0.332 e. The number of nitrogens with zero attached hydrogens (tertiary/aromatic N) is 3. The summed E-state index contributed by atoms with van der Waals surface area (Å²) < 4.78 is 30.4. The fraction of sp³-hybridized carbons (Fsp3) is 0.188. The van der Waals surface area contributed by atoms with Crippen LogP contribution in [0.1, 0.15) is 11.1 Å². The van der Waals surface area contributed by atoms with E-state index in [1.165, 1.54) is 29.2 Å². The highest BCUT2D eigenvalue weighted by molar-refractivity contribution is 7.79. The van der Waals surface area contributed by atoms with Gasteiger partial charge in [-0.2, -0.15) is 4.98 Å². The zero-order valence-electron chi connectivity index (χ0n) is 13.0. The van der Waals surface area contributed by atoms with Crippen molar-refractivity contribution in [3.05, 3.63) is 63.8 Å². The molecular weight excluding hydrogens is 333 g/mol. The van der Waals surface area contributed by atoms with Crippen LogP contribution in [-0.2, 0) is 24.5 Å². The summed E-state index contributed by atoms with van der Waals surface area (Å²) in [6.45, 7) is 0. The van der Waals surface area contributed by atoms with Crippen LogP contribution in [0.25, 0.3) is 11.0 Å². The summed E-state index contributed by atoms with van der Waals surface area (Å²) in [5.41, 5.74) is 1.55. The molecule has 2 heterocycles. The van der Waals surface area contributed by atoms with Gasteiger partial charge in [0.15, 0.2) is 0 Å². The van der Waals surface area contributed by atoms with Gasteiger partial charge in [-0.15, -0.1) is 0 Å². The van der Waals surface area contributed by atoms with Gasteiger partial charge in [0.1, 0.15) is 11.5 Å². The molecule has 124 valence electrons. The first-order chi connectivity index (χ1) is 11.4. The molecule has 6 nitrogen and oxygen atoms in total. The van der Waals surface area contributed by atoms with Crippen molar-refractivity contribution in [3.63, 3.8) is 0 Å². The van der Waals surface area contributed by atoms with E-state index in [1.807, 2.05) is 0 Å². The minimum Gasteiger partial charge on any atom is -0.362 e. The van der Waals surface area contributed by atoms with E-state index in [9.17, 15) is 13.4 Å². The molecular formula is C16H14FN3O3S. The number of aryl methyl sites for hydroxylation is 1. The SMILES string of the molecule is Cn1c(=O)c(Cc2ccc(F)cc2)cc2cnc(OS(C)=O)nc21. The van der Waals surface area contributed by atoms with Crippen LogP contribution in [0.15, 0.2) is 41.3 Å². The molecule has 0 aliphatic heterocycles. The summed E-state index contributed by atoms with van der Waals surface area (Å²) >= 11 is -1.55. The second kappa shape index (κ2) is 6.48. The fourth-order valence-corrected chi connectivity index (χ4v) is 2.68. The van der Waals surface area contributed by atoms with Gasteiger partial charge in [-0.25, -0.2) is 13.6 Å². The molecule has 3 rings (SSSR count). The maximum absolute atomic E-state index is 13.0. The molecule has 3 aromatic rings. The Balaban J connectivity index is 2.04. The van der Waals surface area contributed by atoms with E-state index < -0.39 is 11.1 Å². The first-order valence-corrected chi connectivity index (χ1v) is 8.54. The Morgan fingerprint density at radius 2 is 2.00 bits per heavy atom. The Hall–Kier alpha value is -2.61. The largest absolute Gasteiger partial charge is 0.362 e. The lowest BCUT2D eigenvalue weighted by molar-refractivity contribution is 0.532. The molecule has 0 saturated heterocycles. The lowest BCUT2D eigenvalue weighted by atomic mass is 10.1. The van der Waals surface area contributed by atoms with Crippen LogP contribution in [0.2, 0.25) is 0 Å². The Kier molecular flexibility index (Phi) is 4.39. The predicted octanol–water partition coefficient (Wildman–Crippen LogP) is 1.73. The third-order valence-corrected chi connectivity index (χ3v) is 3.88. The number of aromatic nitrogens is 3. The van der Waals surface area contributed by atoms with Gasteiger partial charge < -0.3 is 4.18 Å². The number of benzene rings is 1. The standard InChI is InChI=1S/C16H14FN3O3S/c1-20-14-12(9-18-16(19-14)23-24(2)22)8-11(15(20)21)7-10-3-5-13(17)6-4-10/h3-6,8-9H,7H2,1-2H3. The summed E-state index contributed by atoms with van der Waals surface area (Å²) in [6.07, 6.45) is 3.25. The van der Waals surface area contributed by atoms with Crippen molar-refractivity contribution in [2.75, 3.05) is 6.26 Å². The van der Waals surface area contributed by atoms with Gasteiger partial charge in [-0.05, 0) is 23.8 Å². The molecule has 0 N–H and O–H groups in total. The van der Waals surface area contributed by atoms with Gasteiger partial charge in [0.05, 0.1) is 0 Å². The van der Waals surface area contributed by atoms with Gasteiger partial charge in [0.25, 0.3) is 5.56 Å². The van der Waals surface area contributed by atoms with Crippen molar-refractivity contribution in [2.24, 2.45) is 7.05 Å². The summed E-state index contributed by atoms with van der Waals surface area (Å²) in [6, 6.07) is 7.65. The number of fused-ring (bicyclic) bond motifs is 1. The third kappa shape index (κ3) is 3.33. The molecule has 2 aromatic heterocycles. The van der Waals surface area contributed by atoms with Crippen LogP contribution in [0.5, 0.6) is 6.01 Å². The average Bonchev–Trinajstić information content (AvgIpc) is 2.54. The summed E-state index contributed by atoms with van der Waals surface area (Å²) in [5.74, 6) is -0.320. The Morgan fingerprint density at radius 3 is 2.67 bits per heavy atom.